The SMILES string of the molecule is Nc1ccc(N2CCN(C(=O)C3CCCCO3)CC2)cn1. The highest BCUT2D eigenvalue weighted by atomic mass is 16.5. The number of nitrogens with two attached hydrogens (primary N) is 1. The van der Waals surface area contributed by atoms with Crippen LogP contribution < -0.4 is 10.6 Å². The molecule has 1 aromatic heterocycles. The van der Waals surface area contributed by atoms with E-state index in [1.165, 1.54) is 0 Å². The summed E-state index contributed by atoms with van der Waals surface area (Å²) in [6.07, 6.45) is 4.59. The molecule has 0 saturated carbocycles. The van der Waals surface area contributed by atoms with Crippen molar-refractivity contribution in [3.8, 4) is 0 Å². The molecule has 0 radical (unpaired) electrons. The van der Waals surface area contributed by atoms with E-state index < -0.39 is 0 Å². The van der Waals surface area contributed by atoms with Gasteiger partial charge in [-0.3, -0.25) is 4.79 Å². The standard InChI is InChI=1S/C15H22N4O2/c16-14-5-4-12(11-17-14)18-6-8-19(9-7-18)15(20)13-3-1-2-10-21-13/h4-5,11,13H,1-3,6-10H2,(H2,16,17). The first-order valence-electron chi connectivity index (χ1n) is 7.61. The topological polar surface area (TPSA) is 71.7 Å². The monoisotopic (exact) mass is 290 g/mol. The Balaban J connectivity index is 1.54. The first-order chi connectivity index (χ1) is 10.2. The number of nitrogen functional groups attached to an aromatic ring is 1. The predicted molar refractivity (Wildman–Crippen MR) is 81.0 cm³/mol. The average Bonchev–Trinajstić information content (AvgIpc) is 2.56. The molecule has 3 heterocycles. The second kappa shape index (κ2) is 6.30. The number of ether oxygens (including phenoxy) is 1. The molecule has 1 aromatic rings. The van der Waals surface area contributed by atoms with Crippen molar-refractivity contribution in [2.24, 2.45) is 0 Å². The number of anilines is 2. The van der Waals surface area contributed by atoms with Gasteiger partial charge in [0.2, 0.25) is 0 Å². The summed E-state index contributed by atoms with van der Waals surface area (Å²) in [5, 5.41) is 0. The van der Waals surface area contributed by atoms with Gasteiger partial charge in [0.1, 0.15) is 11.9 Å². The van der Waals surface area contributed by atoms with Gasteiger partial charge >= 0.3 is 0 Å². The molecule has 0 aliphatic carbocycles. The molecule has 0 bridgehead atoms. The van der Waals surface area contributed by atoms with Crippen LogP contribution in [0.4, 0.5) is 11.5 Å². The molecule has 1 atom stereocenters. The molecule has 2 N–H and O–H groups in total. The van der Waals surface area contributed by atoms with Crippen LogP contribution in [-0.2, 0) is 9.53 Å². The van der Waals surface area contributed by atoms with Crippen LogP contribution in [0.3, 0.4) is 0 Å². The largest absolute Gasteiger partial charge is 0.384 e. The summed E-state index contributed by atoms with van der Waals surface area (Å²) >= 11 is 0. The molecule has 2 fully saturated rings. The third-order valence-electron chi connectivity index (χ3n) is 4.18. The molecular formula is C15H22N4O2. The second-order valence-corrected chi connectivity index (χ2v) is 5.61. The van der Waals surface area contributed by atoms with Crippen LogP contribution in [0.5, 0.6) is 0 Å². The quantitative estimate of drug-likeness (QED) is 0.875. The first-order valence-corrected chi connectivity index (χ1v) is 7.61. The van der Waals surface area contributed by atoms with Crippen LogP contribution in [0.15, 0.2) is 18.3 Å². The smallest absolute Gasteiger partial charge is 0.251 e. The Labute approximate surface area is 124 Å². The number of aromatic nitrogens is 1. The van der Waals surface area contributed by atoms with Crippen LogP contribution in [0.2, 0.25) is 0 Å². The van der Waals surface area contributed by atoms with Crippen molar-refractivity contribution in [2.75, 3.05) is 43.4 Å². The van der Waals surface area contributed by atoms with E-state index in [-0.39, 0.29) is 12.0 Å². The predicted octanol–water partition coefficient (Wildman–Crippen LogP) is 0.881. The lowest BCUT2D eigenvalue weighted by Gasteiger charge is -2.37. The lowest BCUT2D eigenvalue weighted by atomic mass is 10.1. The number of carbonyl (C=O) groups excluding carboxylic acids is 1. The maximum Gasteiger partial charge on any atom is 0.251 e. The molecule has 2 aliphatic heterocycles. The van der Waals surface area contributed by atoms with E-state index in [1.54, 1.807) is 6.20 Å². The van der Waals surface area contributed by atoms with Gasteiger partial charge in [0, 0.05) is 32.8 Å². The maximum absolute atomic E-state index is 12.4. The average molecular weight is 290 g/mol. The summed E-state index contributed by atoms with van der Waals surface area (Å²) in [5.41, 5.74) is 6.66. The number of pyridine rings is 1. The van der Waals surface area contributed by atoms with E-state index in [0.717, 1.165) is 51.1 Å². The van der Waals surface area contributed by atoms with Crippen molar-refractivity contribution in [2.45, 2.75) is 25.4 Å². The molecule has 6 heteroatoms. The van der Waals surface area contributed by atoms with Crippen molar-refractivity contribution >= 4 is 17.4 Å². The Morgan fingerprint density at radius 2 is 2.05 bits per heavy atom. The minimum atomic E-state index is -0.219. The van der Waals surface area contributed by atoms with E-state index in [1.807, 2.05) is 17.0 Å². The van der Waals surface area contributed by atoms with Gasteiger partial charge in [0.15, 0.2) is 0 Å². The van der Waals surface area contributed by atoms with Gasteiger partial charge in [-0.15, -0.1) is 0 Å². The van der Waals surface area contributed by atoms with Crippen molar-refractivity contribution in [3.05, 3.63) is 18.3 Å². The molecule has 2 aliphatic rings. The highest BCUT2D eigenvalue weighted by Crippen LogP contribution is 2.19. The Morgan fingerprint density at radius 1 is 1.24 bits per heavy atom. The van der Waals surface area contributed by atoms with Gasteiger partial charge < -0.3 is 20.3 Å². The summed E-state index contributed by atoms with van der Waals surface area (Å²) in [6.45, 7) is 3.84. The molecule has 1 amide bonds. The van der Waals surface area contributed by atoms with Crippen LogP contribution in [0.1, 0.15) is 19.3 Å². The summed E-state index contributed by atoms with van der Waals surface area (Å²) < 4.78 is 5.59. The summed E-state index contributed by atoms with van der Waals surface area (Å²) in [4.78, 5) is 20.7. The summed E-state index contributed by atoms with van der Waals surface area (Å²) in [7, 11) is 0. The normalized spacial score (nSPS) is 23.1. The molecule has 6 nitrogen and oxygen atoms in total. The van der Waals surface area contributed by atoms with E-state index in [0.29, 0.717) is 12.4 Å². The molecule has 0 aromatic carbocycles. The van der Waals surface area contributed by atoms with Crippen molar-refractivity contribution in [1.82, 2.24) is 9.88 Å². The number of carbonyl (C=O) groups is 1. The minimum Gasteiger partial charge on any atom is -0.384 e. The Hall–Kier alpha value is -1.82. The Bertz CT molecular complexity index is 477. The maximum atomic E-state index is 12.4. The van der Waals surface area contributed by atoms with Crippen molar-refractivity contribution in [3.63, 3.8) is 0 Å². The zero-order chi connectivity index (χ0) is 14.7. The van der Waals surface area contributed by atoms with Gasteiger partial charge in [0.05, 0.1) is 11.9 Å². The van der Waals surface area contributed by atoms with Crippen LogP contribution in [0, 0.1) is 0 Å². The molecule has 21 heavy (non-hydrogen) atoms. The van der Waals surface area contributed by atoms with Gasteiger partial charge in [0.25, 0.3) is 5.91 Å². The molecular weight excluding hydrogens is 268 g/mol. The number of hydrogen-bond donors (Lipinski definition) is 1. The molecule has 114 valence electrons. The van der Waals surface area contributed by atoms with E-state index in [4.69, 9.17) is 10.5 Å². The van der Waals surface area contributed by atoms with Crippen LogP contribution in [-0.4, -0.2) is 54.7 Å². The van der Waals surface area contributed by atoms with Gasteiger partial charge in [-0.2, -0.15) is 0 Å². The van der Waals surface area contributed by atoms with Gasteiger partial charge in [-0.05, 0) is 31.4 Å². The zero-order valence-corrected chi connectivity index (χ0v) is 12.2. The summed E-state index contributed by atoms with van der Waals surface area (Å²) in [6, 6.07) is 3.78. The van der Waals surface area contributed by atoms with E-state index in [9.17, 15) is 4.79 Å². The highest BCUT2D eigenvalue weighted by Gasteiger charge is 2.29. The van der Waals surface area contributed by atoms with Crippen LogP contribution in [0.25, 0.3) is 0 Å². The van der Waals surface area contributed by atoms with Gasteiger partial charge in [-0.25, -0.2) is 4.98 Å². The summed E-state index contributed by atoms with van der Waals surface area (Å²) in [5.74, 6) is 0.687. The number of piperazine rings is 1. The van der Waals surface area contributed by atoms with E-state index >= 15 is 0 Å². The Kier molecular flexibility index (Phi) is 4.24. The zero-order valence-electron chi connectivity index (χ0n) is 12.2. The lowest BCUT2D eigenvalue weighted by molar-refractivity contribution is -0.146. The number of rotatable bonds is 2. The lowest BCUT2D eigenvalue weighted by Crippen LogP contribution is -2.52. The van der Waals surface area contributed by atoms with Crippen molar-refractivity contribution in [1.29, 1.82) is 0 Å². The fourth-order valence-electron chi connectivity index (χ4n) is 2.91. The number of nitrogens with zero attached hydrogens (tertiary/aromatic N) is 3. The molecule has 3 rings (SSSR count). The van der Waals surface area contributed by atoms with Crippen molar-refractivity contribution < 1.29 is 9.53 Å². The third kappa shape index (κ3) is 3.26. The second-order valence-electron chi connectivity index (χ2n) is 5.61. The fourth-order valence-corrected chi connectivity index (χ4v) is 2.91. The highest BCUT2D eigenvalue weighted by molar-refractivity contribution is 5.81. The molecule has 2 saturated heterocycles. The first kappa shape index (κ1) is 14.1. The molecule has 0 spiro atoms. The fraction of sp³-hybridized carbons (Fsp3) is 0.600. The third-order valence-corrected chi connectivity index (χ3v) is 4.18. The number of amides is 1. The van der Waals surface area contributed by atoms with Gasteiger partial charge in [-0.1, -0.05) is 0 Å². The number of hydrogen-bond acceptors (Lipinski definition) is 5. The van der Waals surface area contributed by atoms with Crippen LogP contribution >= 0.6 is 0 Å². The minimum absolute atomic E-state index is 0.157. The van der Waals surface area contributed by atoms with E-state index in [2.05, 4.69) is 9.88 Å². The Morgan fingerprint density at radius 3 is 2.67 bits per heavy atom. The molecule has 1 unspecified atom stereocenters.